The lowest BCUT2D eigenvalue weighted by Gasteiger charge is -2.34. The highest BCUT2D eigenvalue weighted by Gasteiger charge is 2.53. The summed E-state index contributed by atoms with van der Waals surface area (Å²) in [6.45, 7) is 3.59. The second-order valence-electron chi connectivity index (χ2n) is 6.14. The van der Waals surface area contributed by atoms with E-state index in [9.17, 15) is 9.59 Å². The van der Waals surface area contributed by atoms with Gasteiger partial charge in [-0.2, -0.15) is 0 Å². The number of carbonyl (C=O) groups excluding carboxylic acids is 2. The summed E-state index contributed by atoms with van der Waals surface area (Å²) in [5.74, 6) is 1.03. The smallest absolute Gasteiger partial charge is 0.246 e. The molecule has 4 nitrogen and oxygen atoms in total. The van der Waals surface area contributed by atoms with Gasteiger partial charge in [0.15, 0.2) is 0 Å². The molecule has 6 heteroatoms. The number of hydrogen-bond acceptors (Lipinski definition) is 4. The molecule has 0 radical (unpaired) electrons. The molecule has 0 spiro atoms. The van der Waals surface area contributed by atoms with Crippen LogP contribution in [0, 0.1) is 0 Å². The Labute approximate surface area is 132 Å². The lowest BCUT2D eigenvalue weighted by Crippen LogP contribution is -2.52. The van der Waals surface area contributed by atoms with E-state index >= 15 is 0 Å². The first-order valence-electron chi connectivity index (χ1n) is 7.39. The van der Waals surface area contributed by atoms with Gasteiger partial charge in [-0.25, -0.2) is 0 Å². The second kappa shape index (κ2) is 4.74. The van der Waals surface area contributed by atoms with Gasteiger partial charge in [0, 0.05) is 30.1 Å². The summed E-state index contributed by atoms with van der Waals surface area (Å²) in [7, 11) is 0. The molecule has 2 saturated heterocycles. The Hall–Kier alpha value is -1.01. The molecular formula is C15H18N2O2S2. The van der Waals surface area contributed by atoms with Crippen molar-refractivity contribution in [3.8, 4) is 0 Å². The second-order valence-corrected chi connectivity index (χ2v) is 8.65. The van der Waals surface area contributed by atoms with Crippen molar-refractivity contribution in [2.45, 2.75) is 43.6 Å². The average Bonchev–Trinajstić information content (AvgIpc) is 3.14. The third-order valence-corrected chi connectivity index (χ3v) is 7.38. The Morgan fingerprint density at radius 1 is 1.43 bits per heavy atom. The van der Waals surface area contributed by atoms with Crippen LogP contribution in [0.5, 0.6) is 0 Å². The SMILES string of the molecule is C[C@]12CCC(=O)N1[C@H](C(=O)N1CCc3sccc3C1)CS2. The largest absolute Gasteiger partial charge is 0.336 e. The van der Waals surface area contributed by atoms with Gasteiger partial charge in [0.1, 0.15) is 6.04 Å². The molecule has 0 unspecified atom stereocenters. The summed E-state index contributed by atoms with van der Waals surface area (Å²) in [5.41, 5.74) is 1.28. The van der Waals surface area contributed by atoms with E-state index in [1.54, 1.807) is 23.1 Å². The van der Waals surface area contributed by atoms with Crippen molar-refractivity contribution < 1.29 is 9.59 Å². The Morgan fingerprint density at radius 3 is 3.14 bits per heavy atom. The molecule has 2 amide bonds. The summed E-state index contributed by atoms with van der Waals surface area (Å²) in [5, 5.41) is 2.10. The van der Waals surface area contributed by atoms with Crippen molar-refractivity contribution in [2.24, 2.45) is 0 Å². The number of thioether (sulfide) groups is 1. The van der Waals surface area contributed by atoms with E-state index in [1.165, 1.54) is 10.4 Å². The van der Waals surface area contributed by atoms with Gasteiger partial charge < -0.3 is 9.80 Å². The summed E-state index contributed by atoms with van der Waals surface area (Å²) >= 11 is 3.55. The van der Waals surface area contributed by atoms with Crippen LogP contribution in [0.15, 0.2) is 11.4 Å². The maximum absolute atomic E-state index is 12.9. The summed E-state index contributed by atoms with van der Waals surface area (Å²) in [6.07, 6.45) is 2.40. The van der Waals surface area contributed by atoms with Crippen LogP contribution in [0.4, 0.5) is 0 Å². The van der Waals surface area contributed by atoms with Gasteiger partial charge >= 0.3 is 0 Å². The van der Waals surface area contributed by atoms with Crippen LogP contribution in [-0.2, 0) is 22.6 Å². The van der Waals surface area contributed by atoms with Gasteiger partial charge in [0.05, 0.1) is 4.87 Å². The van der Waals surface area contributed by atoms with Gasteiger partial charge in [0.2, 0.25) is 11.8 Å². The Bertz CT molecular complexity index is 615. The van der Waals surface area contributed by atoms with E-state index in [4.69, 9.17) is 0 Å². The molecule has 1 aromatic rings. The molecule has 112 valence electrons. The third kappa shape index (κ3) is 2.03. The number of fused-ring (bicyclic) bond motifs is 2. The van der Waals surface area contributed by atoms with E-state index < -0.39 is 0 Å². The zero-order chi connectivity index (χ0) is 14.6. The fraction of sp³-hybridized carbons (Fsp3) is 0.600. The molecule has 0 aliphatic carbocycles. The van der Waals surface area contributed by atoms with Gasteiger partial charge in [-0.3, -0.25) is 9.59 Å². The van der Waals surface area contributed by atoms with E-state index in [2.05, 4.69) is 18.4 Å². The molecule has 3 aliphatic heterocycles. The normalized spacial score (nSPS) is 31.5. The molecular weight excluding hydrogens is 304 g/mol. The van der Waals surface area contributed by atoms with Crippen LogP contribution in [0.1, 0.15) is 30.2 Å². The van der Waals surface area contributed by atoms with Crippen molar-refractivity contribution in [3.63, 3.8) is 0 Å². The number of amides is 2. The Balaban J connectivity index is 1.55. The van der Waals surface area contributed by atoms with E-state index in [1.807, 2.05) is 9.80 Å². The Morgan fingerprint density at radius 2 is 2.29 bits per heavy atom. The average molecular weight is 322 g/mol. The fourth-order valence-electron chi connectivity index (χ4n) is 3.65. The number of carbonyl (C=O) groups is 2. The molecule has 2 atom stereocenters. The van der Waals surface area contributed by atoms with Gasteiger partial charge in [-0.05, 0) is 36.8 Å². The maximum atomic E-state index is 12.9. The Kier molecular flexibility index (Phi) is 3.08. The topological polar surface area (TPSA) is 40.6 Å². The molecule has 0 aromatic carbocycles. The minimum absolute atomic E-state index is 0.137. The predicted molar refractivity (Wildman–Crippen MR) is 84.2 cm³/mol. The van der Waals surface area contributed by atoms with Crippen LogP contribution >= 0.6 is 23.1 Å². The van der Waals surface area contributed by atoms with Crippen LogP contribution in [0.3, 0.4) is 0 Å². The molecule has 0 saturated carbocycles. The molecule has 0 N–H and O–H groups in total. The minimum Gasteiger partial charge on any atom is -0.336 e. The van der Waals surface area contributed by atoms with Crippen molar-refractivity contribution in [2.75, 3.05) is 12.3 Å². The van der Waals surface area contributed by atoms with Crippen molar-refractivity contribution >= 4 is 34.9 Å². The summed E-state index contributed by atoms with van der Waals surface area (Å²) in [6, 6.07) is 1.86. The predicted octanol–water partition coefficient (Wildman–Crippen LogP) is 2.09. The summed E-state index contributed by atoms with van der Waals surface area (Å²) < 4.78 is 0. The van der Waals surface area contributed by atoms with Crippen LogP contribution in [0.25, 0.3) is 0 Å². The van der Waals surface area contributed by atoms with E-state index in [-0.39, 0.29) is 22.7 Å². The number of thiophene rings is 1. The minimum atomic E-state index is -0.254. The lowest BCUT2D eigenvalue weighted by atomic mass is 10.1. The van der Waals surface area contributed by atoms with Crippen molar-refractivity contribution in [1.82, 2.24) is 9.80 Å². The molecule has 4 heterocycles. The first-order valence-corrected chi connectivity index (χ1v) is 9.25. The molecule has 0 bridgehead atoms. The standard InChI is InChI=1S/C15H18N2O2S2/c1-15-5-2-13(18)17(15)11(9-21-15)14(19)16-6-3-12-10(8-16)4-7-20-12/h4,7,11H,2-3,5-6,8-9H2,1H3/t11-,15-/m0/s1. The highest BCUT2D eigenvalue weighted by molar-refractivity contribution is 8.01. The highest BCUT2D eigenvalue weighted by atomic mass is 32.2. The maximum Gasteiger partial charge on any atom is 0.246 e. The molecule has 1 aromatic heterocycles. The monoisotopic (exact) mass is 322 g/mol. The van der Waals surface area contributed by atoms with Crippen LogP contribution in [0.2, 0.25) is 0 Å². The first kappa shape index (κ1) is 13.6. The number of hydrogen-bond donors (Lipinski definition) is 0. The van der Waals surface area contributed by atoms with Crippen LogP contribution in [-0.4, -0.2) is 44.8 Å². The molecule has 3 aliphatic rings. The third-order valence-electron chi connectivity index (χ3n) is 4.85. The fourth-order valence-corrected chi connectivity index (χ4v) is 5.96. The quantitative estimate of drug-likeness (QED) is 0.795. The van der Waals surface area contributed by atoms with E-state index in [0.717, 1.165) is 25.1 Å². The van der Waals surface area contributed by atoms with E-state index in [0.29, 0.717) is 13.0 Å². The lowest BCUT2D eigenvalue weighted by molar-refractivity contribution is -0.144. The zero-order valence-corrected chi connectivity index (χ0v) is 13.6. The van der Waals surface area contributed by atoms with Gasteiger partial charge in [-0.15, -0.1) is 23.1 Å². The van der Waals surface area contributed by atoms with Gasteiger partial charge in [0.25, 0.3) is 0 Å². The first-order chi connectivity index (χ1) is 10.1. The summed E-state index contributed by atoms with van der Waals surface area (Å²) in [4.78, 5) is 30.1. The van der Waals surface area contributed by atoms with Gasteiger partial charge in [-0.1, -0.05) is 0 Å². The number of rotatable bonds is 1. The number of nitrogens with zero attached hydrogens (tertiary/aromatic N) is 2. The molecule has 21 heavy (non-hydrogen) atoms. The molecule has 2 fully saturated rings. The zero-order valence-electron chi connectivity index (χ0n) is 12.0. The van der Waals surface area contributed by atoms with Crippen LogP contribution < -0.4 is 0 Å². The molecule has 4 rings (SSSR count). The van der Waals surface area contributed by atoms with Crippen molar-refractivity contribution in [3.05, 3.63) is 21.9 Å². The highest BCUT2D eigenvalue weighted by Crippen LogP contribution is 2.47. The van der Waals surface area contributed by atoms with Crippen molar-refractivity contribution in [1.29, 1.82) is 0 Å².